The lowest BCUT2D eigenvalue weighted by Crippen LogP contribution is -2.30. The van der Waals surface area contributed by atoms with Gasteiger partial charge in [-0.3, -0.25) is 0 Å². The van der Waals surface area contributed by atoms with Gasteiger partial charge in [0.15, 0.2) is 0 Å². The molecule has 0 spiro atoms. The number of sulfonamides is 1. The molecule has 0 amide bonds. The average molecular weight is 331 g/mol. The van der Waals surface area contributed by atoms with E-state index in [-0.39, 0.29) is 0 Å². The maximum Gasteiger partial charge on any atom is 0.252 e. The summed E-state index contributed by atoms with van der Waals surface area (Å²) in [7, 11) is -1.61. The molecular formula is C15H26N2O2S2. The highest BCUT2D eigenvalue weighted by Crippen LogP contribution is 2.30. The van der Waals surface area contributed by atoms with E-state index in [2.05, 4.69) is 12.2 Å². The molecular weight excluding hydrogens is 304 g/mol. The Bertz CT molecular complexity index is 560. The molecule has 6 heteroatoms. The van der Waals surface area contributed by atoms with Crippen molar-refractivity contribution in [2.75, 3.05) is 20.1 Å². The standard InChI is InChI=1S/C15H26N2O2S2/c1-4-16-10-14-12(2)9-15(20-14)21(18,19)17(3)11-13-7-5-6-8-13/h9,13,16H,4-8,10-11H2,1-3H3. The molecule has 0 unspecified atom stereocenters. The van der Waals surface area contributed by atoms with Gasteiger partial charge in [-0.25, -0.2) is 8.42 Å². The Kier molecular flexibility index (Phi) is 5.82. The Morgan fingerprint density at radius 2 is 2.05 bits per heavy atom. The van der Waals surface area contributed by atoms with Gasteiger partial charge in [0.25, 0.3) is 10.0 Å². The third-order valence-corrected chi connectivity index (χ3v) is 7.70. The van der Waals surface area contributed by atoms with Crippen LogP contribution in [0.15, 0.2) is 10.3 Å². The third kappa shape index (κ3) is 4.06. The fraction of sp³-hybridized carbons (Fsp3) is 0.733. The van der Waals surface area contributed by atoms with Gasteiger partial charge in [-0.1, -0.05) is 19.8 Å². The van der Waals surface area contributed by atoms with E-state index in [0.717, 1.165) is 36.4 Å². The molecule has 2 rings (SSSR count). The van der Waals surface area contributed by atoms with Crippen LogP contribution in [0.1, 0.15) is 43.0 Å². The molecule has 1 heterocycles. The van der Waals surface area contributed by atoms with Crippen molar-refractivity contribution in [3.8, 4) is 0 Å². The molecule has 0 atom stereocenters. The number of nitrogens with zero attached hydrogens (tertiary/aromatic N) is 1. The van der Waals surface area contributed by atoms with E-state index < -0.39 is 10.0 Å². The Balaban J connectivity index is 2.10. The van der Waals surface area contributed by atoms with Crippen LogP contribution in [-0.4, -0.2) is 32.9 Å². The molecule has 1 aliphatic carbocycles. The highest BCUT2D eigenvalue weighted by atomic mass is 32.2. The van der Waals surface area contributed by atoms with E-state index in [4.69, 9.17) is 0 Å². The van der Waals surface area contributed by atoms with Crippen LogP contribution >= 0.6 is 11.3 Å². The van der Waals surface area contributed by atoms with E-state index in [1.54, 1.807) is 11.4 Å². The molecule has 0 radical (unpaired) electrons. The van der Waals surface area contributed by atoms with E-state index >= 15 is 0 Å². The second-order valence-electron chi connectivity index (χ2n) is 5.89. The van der Waals surface area contributed by atoms with Crippen LogP contribution in [0.4, 0.5) is 0 Å². The Hall–Kier alpha value is -0.430. The second kappa shape index (κ2) is 7.22. The Labute approximate surface area is 132 Å². The Morgan fingerprint density at radius 1 is 1.38 bits per heavy atom. The fourth-order valence-corrected chi connectivity index (χ4v) is 5.86. The largest absolute Gasteiger partial charge is 0.312 e. The first kappa shape index (κ1) is 16.9. The summed E-state index contributed by atoms with van der Waals surface area (Å²) in [5, 5.41) is 3.26. The zero-order chi connectivity index (χ0) is 15.5. The summed E-state index contributed by atoms with van der Waals surface area (Å²) in [6, 6.07) is 1.82. The molecule has 4 nitrogen and oxygen atoms in total. The Morgan fingerprint density at radius 3 is 2.67 bits per heavy atom. The van der Waals surface area contributed by atoms with Crippen LogP contribution in [0.3, 0.4) is 0 Å². The molecule has 1 aliphatic rings. The van der Waals surface area contributed by atoms with Crippen molar-refractivity contribution in [3.05, 3.63) is 16.5 Å². The average Bonchev–Trinajstić information content (AvgIpc) is 3.06. The first-order valence-corrected chi connectivity index (χ1v) is 9.97. The van der Waals surface area contributed by atoms with Gasteiger partial charge in [-0.2, -0.15) is 4.31 Å². The maximum atomic E-state index is 12.7. The number of hydrogen-bond acceptors (Lipinski definition) is 4. The van der Waals surface area contributed by atoms with Crippen molar-refractivity contribution in [1.82, 2.24) is 9.62 Å². The van der Waals surface area contributed by atoms with Gasteiger partial charge in [0.2, 0.25) is 0 Å². The van der Waals surface area contributed by atoms with E-state index in [1.807, 2.05) is 13.0 Å². The van der Waals surface area contributed by atoms with Gasteiger partial charge in [-0.15, -0.1) is 11.3 Å². The first-order chi connectivity index (χ1) is 9.95. The molecule has 1 aromatic heterocycles. The van der Waals surface area contributed by atoms with Crippen molar-refractivity contribution in [2.45, 2.75) is 50.3 Å². The van der Waals surface area contributed by atoms with Crippen molar-refractivity contribution in [2.24, 2.45) is 5.92 Å². The smallest absolute Gasteiger partial charge is 0.252 e. The van der Waals surface area contributed by atoms with Crippen LogP contribution in [0.2, 0.25) is 0 Å². The minimum absolute atomic E-state index is 0.480. The highest BCUT2D eigenvalue weighted by Gasteiger charge is 2.27. The fourth-order valence-electron chi connectivity index (χ4n) is 2.84. The molecule has 21 heavy (non-hydrogen) atoms. The lowest BCUT2D eigenvalue weighted by Gasteiger charge is -2.19. The van der Waals surface area contributed by atoms with Gasteiger partial charge in [0.05, 0.1) is 0 Å². The summed E-state index contributed by atoms with van der Waals surface area (Å²) in [6.07, 6.45) is 4.80. The van der Waals surface area contributed by atoms with Crippen molar-refractivity contribution < 1.29 is 8.42 Å². The van der Waals surface area contributed by atoms with Crippen molar-refractivity contribution in [3.63, 3.8) is 0 Å². The molecule has 0 bridgehead atoms. The minimum Gasteiger partial charge on any atom is -0.312 e. The SMILES string of the molecule is CCNCc1sc(S(=O)(=O)N(C)CC2CCCC2)cc1C. The number of thiophene rings is 1. The maximum absolute atomic E-state index is 12.7. The summed E-state index contributed by atoms with van der Waals surface area (Å²) in [4.78, 5) is 1.12. The summed E-state index contributed by atoms with van der Waals surface area (Å²) in [6.45, 7) is 6.33. The third-order valence-electron chi connectivity index (χ3n) is 4.19. The zero-order valence-electron chi connectivity index (χ0n) is 13.2. The number of hydrogen-bond donors (Lipinski definition) is 1. The van der Waals surface area contributed by atoms with Crippen molar-refractivity contribution in [1.29, 1.82) is 0 Å². The molecule has 120 valence electrons. The molecule has 0 aromatic carbocycles. The van der Waals surface area contributed by atoms with Gasteiger partial charge >= 0.3 is 0 Å². The normalized spacial score (nSPS) is 17.0. The van der Waals surface area contributed by atoms with E-state index in [0.29, 0.717) is 16.7 Å². The molecule has 1 fully saturated rings. The number of aryl methyl sites for hydroxylation is 1. The topological polar surface area (TPSA) is 49.4 Å². The molecule has 1 aromatic rings. The summed E-state index contributed by atoms with van der Waals surface area (Å²) >= 11 is 1.40. The quantitative estimate of drug-likeness (QED) is 0.836. The number of nitrogens with one attached hydrogen (secondary N) is 1. The monoisotopic (exact) mass is 330 g/mol. The molecule has 0 aliphatic heterocycles. The van der Waals surface area contributed by atoms with E-state index in [1.165, 1.54) is 24.2 Å². The summed E-state index contributed by atoms with van der Waals surface area (Å²) in [5.41, 5.74) is 1.06. The molecule has 0 saturated heterocycles. The van der Waals surface area contributed by atoms with Gasteiger partial charge in [-0.05, 0) is 43.9 Å². The van der Waals surface area contributed by atoms with Crippen LogP contribution in [0.5, 0.6) is 0 Å². The minimum atomic E-state index is -3.33. The second-order valence-corrected chi connectivity index (χ2v) is 9.30. The van der Waals surface area contributed by atoms with Crippen LogP contribution < -0.4 is 5.32 Å². The first-order valence-electron chi connectivity index (χ1n) is 7.71. The van der Waals surface area contributed by atoms with Crippen LogP contribution in [0, 0.1) is 12.8 Å². The van der Waals surface area contributed by atoms with Crippen molar-refractivity contribution >= 4 is 21.4 Å². The van der Waals surface area contributed by atoms with Gasteiger partial charge in [0.1, 0.15) is 4.21 Å². The number of rotatable bonds is 7. The summed E-state index contributed by atoms with van der Waals surface area (Å²) in [5.74, 6) is 0.534. The zero-order valence-corrected chi connectivity index (χ0v) is 14.8. The van der Waals surface area contributed by atoms with E-state index in [9.17, 15) is 8.42 Å². The highest BCUT2D eigenvalue weighted by molar-refractivity contribution is 7.91. The van der Waals surface area contributed by atoms with Gasteiger partial charge in [0, 0.05) is 25.0 Å². The molecule has 1 N–H and O–H groups in total. The van der Waals surface area contributed by atoms with Crippen LogP contribution in [-0.2, 0) is 16.6 Å². The molecule has 1 saturated carbocycles. The summed E-state index contributed by atoms with van der Waals surface area (Å²) < 4.78 is 27.4. The lowest BCUT2D eigenvalue weighted by atomic mass is 10.1. The van der Waals surface area contributed by atoms with Crippen LogP contribution in [0.25, 0.3) is 0 Å². The predicted molar refractivity (Wildman–Crippen MR) is 88.2 cm³/mol. The predicted octanol–water partition coefficient (Wildman–Crippen LogP) is 2.98. The van der Waals surface area contributed by atoms with Gasteiger partial charge < -0.3 is 5.32 Å². The lowest BCUT2D eigenvalue weighted by molar-refractivity contribution is 0.388.